The molecule has 3 N–H and O–H groups in total. The molecule has 0 saturated heterocycles. The van der Waals surface area contributed by atoms with Crippen LogP contribution in [-0.2, 0) is 10.2 Å². The molecule has 0 aliphatic heterocycles. The summed E-state index contributed by atoms with van der Waals surface area (Å²) in [4.78, 5) is 12.1. The first-order chi connectivity index (χ1) is 10.8. The number of nitrogens with zero attached hydrogens (tertiary/aromatic N) is 2. The van der Waals surface area contributed by atoms with Gasteiger partial charge in [0.05, 0.1) is 11.4 Å². The molecule has 2 aromatic rings. The smallest absolute Gasteiger partial charge is 0.225 e. The molecule has 0 aliphatic rings. The molecule has 2 rings (SSSR count). The van der Waals surface area contributed by atoms with Gasteiger partial charge in [-0.3, -0.25) is 4.79 Å². The molecule has 1 aromatic carbocycles. The molecule has 5 nitrogen and oxygen atoms in total. The fourth-order valence-corrected chi connectivity index (χ4v) is 2.29. The first-order valence-electron chi connectivity index (χ1n) is 7.99. The van der Waals surface area contributed by atoms with E-state index in [0.29, 0.717) is 25.2 Å². The summed E-state index contributed by atoms with van der Waals surface area (Å²) >= 11 is 0. The van der Waals surface area contributed by atoms with Crippen LogP contribution >= 0.6 is 0 Å². The van der Waals surface area contributed by atoms with Crippen LogP contribution < -0.4 is 11.1 Å². The van der Waals surface area contributed by atoms with E-state index in [1.807, 2.05) is 41.9 Å². The summed E-state index contributed by atoms with van der Waals surface area (Å²) in [7, 11) is 0. The highest BCUT2D eigenvalue weighted by Crippen LogP contribution is 2.27. The fraction of sp³-hybridized carbons (Fsp3) is 0.444. The maximum atomic E-state index is 12.1. The van der Waals surface area contributed by atoms with Crippen molar-refractivity contribution in [3.63, 3.8) is 0 Å². The predicted molar refractivity (Wildman–Crippen MR) is 93.9 cm³/mol. The number of nitrogens with one attached hydrogen (secondary N) is 1. The van der Waals surface area contributed by atoms with Gasteiger partial charge in [0, 0.05) is 17.9 Å². The fourth-order valence-electron chi connectivity index (χ4n) is 2.29. The zero-order chi connectivity index (χ0) is 17.0. The number of hydrogen-bond acceptors (Lipinski definition) is 3. The topological polar surface area (TPSA) is 72.9 Å². The molecule has 124 valence electrons. The van der Waals surface area contributed by atoms with E-state index < -0.39 is 0 Å². The van der Waals surface area contributed by atoms with Crippen LogP contribution in [-0.4, -0.2) is 22.2 Å². The van der Waals surface area contributed by atoms with E-state index in [4.69, 9.17) is 10.8 Å². The summed E-state index contributed by atoms with van der Waals surface area (Å²) in [5.41, 5.74) is 8.40. The Labute approximate surface area is 137 Å². The average molecular weight is 314 g/mol. The quantitative estimate of drug-likeness (QED) is 0.890. The van der Waals surface area contributed by atoms with Gasteiger partial charge in [0.15, 0.2) is 0 Å². The van der Waals surface area contributed by atoms with Gasteiger partial charge in [-0.05, 0) is 31.5 Å². The van der Waals surface area contributed by atoms with Crippen LogP contribution in [0.5, 0.6) is 0 Å². The summed E-state index contributed by atoms with van der Waals surface area (Å²) in [6.45, 7) is 8.87. The van der Waals surface area contributed by atoms with Gasteiger partial charge in [0.1, 0.15) is 5.82 Å². The summed E-state index contributed by atoms with van der Waals surface area (Å²) in [5.74, 6) is 0.664. The summed E-state index contributed by atoms with van der Waals surface area (Å²) in [6, 6.07) is 9.96. The van der Waals surface area contributed by atoms with Crippen LogP contribution in [0.15, 0.2) is 30.3 Å². The molecule has 1 heterocycles. The van der Waals surface area contributed by atoms with Crippen LogP contribution in [0.3, 0.4) is 0 Å². The Morgan fingerprint density at radius 3 is 2.61 bits per heavy atom. The van der Waals surface area contributed by atoms with Crippen molar-refractivity contribution >= 4 is 11.7 Å². The van der Waals surface area contributed by atoms with Gasteiger partial charge in [0.25, 0.3) is 0 Å². The van der Waals surface area contributed by atoms with Crippen molar-refractivity contribution in [3.05, 3.63) is 41.6 Å². The second-order valence-electron chi connectivity index (χ2n) is 6.80. The lowest BCUT2D eigenvalue weighted by atomic mass is 9.92. The van der Waals surface area contributed by atoms with Crippen LogP contribution in [0.25, 0.3) is 5.69 Å². The Hall–Kier alpha value is -2.14. The number of anilines is 1. The van der Waals surface area contributed by atoms with E-state index >= 15 is 0 Å². The van der Waals surface area contributed by atoms with Gasteiger partial charge < -0.3 is 11.1 Å². The number of amides is 1. The lowest BCUT2D eigenvalue weighted by Crippen LogP contribution is -2.16. The Morgan fingerprint density at radius 1 is 1.30 bits per heavy atom. The van der Waals surface area contributed by atoms with E-state index in [0.717, 1.165) is 16.9 Å². The number of benzene rings is 1. The number of carbonyl (C=O) groups is 1. The largest absolute Gasteiger partial charge is 0.330 e. The van der Waals surface area contributed by atoms with Crippen molar-refractivity contribution in [2.24, 2.45) is 5.73 Å². The zero-order valence-corrected chi connectivity index (χ0v) is 14.4. The number of rotatable bonds is 5. The first-order valence-corrected chi connectivity index (χ1v) is 7.99. The normalized spacial score (nSPS) is 11.5. The standard InChI is InChI=1S/C18H26N4O/c1-13-8-5-6-9-14(13)22-16(20-17(23)10-7-11-19)12-15(21-22)18(2,3)4/h5-6,8-9,12H,7,10-11,19H2,1-4H3,(H,20,23). The number of aryl methyl sites for hydroxylation is 1. The lowest BCUT2D eigenvalue weighted by Gasteiger charge is -2.14. The molecule has 0 bridgehead atoms. The Morgan fingerprint density at radius 2 is 2.00 bits per heavy atom. The van der Waals surface area contributed by atoms with Crippen LogP contribution in [0, 0.1) is 6.92 Å². The summed E-state index contributed by atoms with van der Waals surface area (Å²) < 4.78 is 1.82. The lowest BCUT2D eigenvalue weighted by molar-refractivity contribution is -0.116. The monoisotopic (exact) mass is 314 g/mol. The zero-order valence-electron chi connectivity index (χ0n) is 14.4. The molecular formula is C18H26N4O. The molecule has 0 unspecified atom stereocenters. The number of aromatic nitrogens is 2. The van der Waals surface area contributed by atoms with E-state index in [9.17, 15) is 4.79 Å². The highest BCUT2D eigenvalue weighted by Gasteiger charge is 2.21. The van der Waals surface area contributed by atoms with Gasteiger partial charge in [-0.1, -0.05) is 39.0 Å². The maximum Gasteiger partial charge on any atom is 0.225 e. The van der Waals surface area contributed by atoms with Crippen molar-refractivity contribution in [3.8, 4) is 5.69 Å². The van der Waals surface area contributed by atoms with Crippen molar-refractivity contribution in [2.45, 2.75) is 46.0 Å². The molecule has 1 aromatic heterocycles. The molecule has 0 radical (unpaired) electrons. The first kappa shape index (κ1) is 17.2. The number of hydrogen-bond donors (Lipinski definition) is 2. The van der Waals surface area contributed by atoms with Crippen molar-refractivity contribution in [2.75, 3.05) is 11.9 Å². The minimum absolute atomic E-state index is 0.0364. The van der Waals surface area contributed by atoms with Crippen molar-refractivity contribution in [1.29, 1.82) is 0 Å². The van der Waals surface area contributed by atoms with Crippen LogP contribution in [0.4, 0.5) is 5.82 Å². The third-order valence-electron chi connectivity index (χ3n) is 3.70. The molecule has 0 fully saturated rings. The summed E-state index contributed by atoms with van der Waals surface area (Å²) in [5, 5.41) is 7.69. The SMILES string of the molecule is Cc1ccccc1-n1nc(C(C)(C)C)cc1NC(=O)CCCN. The van der Waals surface area contributed by atoms with Gasteiger partial charge in [-0.15, -0.1) is 0 Å². The van der Waals surface area contributed by atoms with Crippen molar-refractivity contribution in [1.82, 2.24) is 9.78 Å². The molecule has 0 atom stereocenters. The van der Waals surface area contributed by atoms with E-state index in [2.05, 4.69) is 26.1 Å². The Balaban J connectivity index is 2.41. The molecule has 0 saturated carbocycles. The van der Waals surface area contributed by atoms with E-state index in [1.165, 1.54) is 0 Å². The highest BCUT2D eigenvalue weighted by molar-refractivity contribution is 5.90. The minimum atomic E-state index is -0.0926. The molecule has 23 heavy (non-hydrogen) atoms. The van der Waals surface area contributed by atoms with Gasteiger partial charge in [0.2, 0.25) is 5.91 Å². The Bertz CT molecular complexity index is 683. The second kappa shape index (κ2) is 6.96. The molecule has 0 aliphatic carbocycles. The molecular weight excluding hydrogens is 288 g/mol. The number of carbonyl (C=O) groups excluding carboxylic acids is 1. The van der Waals surface area contributed by atoms with Crippen LogP contribution in [0.1, 0.15) is 44.9 Å². The number of para-hydroxylation sites is 1. The third-order valence-corrected chi connectivity index (χ3v) is 3.70. The molecule has 5 heteroatoms. The number of nitrogens with two attached hydrogens (primary N) is 1. The minimum Gasteiger partial charge on any atom is -0.330 e. The van der Waals surface area contributed by atoms with Crippen LogP contribution in [0.2, 0.25) is 0 Å². The maximum absolute atomic E-state index is 12.1. The van der Waals surface area contributed by atoms with Gasteiger partial charge in [-0.25, -0.2) is 4.68 Å². The highest BCUT2D eigenvalue weighted by atomic mass is 16.1. The van der Waals surface area contributed by atoms with Gasteiger partial charge in [-0.2, -0.15) is 5.10 Å². The van der Waals surface area contributed by atoms with E-state index in [1.54, 1.807) is 0 Å². The van der Waals surface area contributed by atoms with E-state index in [-0.39, 0.29) is 11.3 Å². The molecule has 0 spiro atoms. The molecule has 1 amide bonds. The Kier molecular flexibility index (Phi) is 5.21. The second-order valence-corrected chi connectivity index (χ2v) is 6.80. The average Bonchev–Trinajstić information content (AvgIpc) is 2.89. The third kappa shape index (κ3) is 4.20. The summed E-state index contributed by atoms with van der Waals surface area (Å²) in [6.07, 6.45) is 1.09. The van der Waals surface area contributed by atoms with Crippen molar-refractivity contribution < 1.29 is 4.79 Å². The van der Waals surface area contributed by atoms with Gasteiger partial charge >= 0.3 is 0 Å². The predicted octanol–water partition coefficient (Wildman–Crippen LogP) is 3.16.